The average molecular weight is 701 g/mol. The molecule has 1 atom stereocenters. The molecule has 4 heteroatoms. The fraction of sp³-hybridized carbons (Fsp3) is 0.122. The fourth-order valence-corrected chi connectivity index (χ4v) is 8.91. The molecule has 0 aliphatic heterocycles. The van der Waals surface area contributed by atoms with Crippen molar-refractivity contribution in [1.29, 1.82) is 0 Å². The molecule has 0 aromatic heterocycles. The second-order valence-corrected chi connectivity index (χ2v) is 15.1. The van der Waals surface area contributed by atoms with Crippen molar-refractivity contribution < 1.29 is 31.4 Å². The number of phenolic OH excluding ortho intramolecular Hbond substituents is 2. The van der Waals surface area contributed by atoms with Gasteiger partial charge in [-0.1, -0.05) is 0 Å². The molecular weight excluding hydrogens is 665 g/mol. The number of aromatic hydroxyl groups is 2. The molecule has 224 valence electrons. The topological polar surface area (TPSA) is 43.7 Å². The van der Waals surface area contributed by atoms with Gasteiger partial charge in [0.25, 0.3) is 0 Å². The molecule has 1 aliphatic carbocycles. The van der Waals surface area contributed by atoms with Gasteiger partial charge in [0.05, 0.1) is 0 Å². The van der Waals surface area contributed by atoms with Crippen molar-refractivity contribution in [1.82, 2.24) is 0 Å². The number of nitrogens with zero attached hydrogens (tertiary/aromatic N) is 1. The van der Waals surface area contributed by atoms with Gasteiger partial charge in [0.15, 0.2) is 0 Å². The molecule has 0 saturated heterocycles. The number of benzene rings is 6. The summed E-state index contributed by atoms with van der Waals surface area (Å²) in [6, 6.07) is 50.1. The first-order valence-electron chi connectivity index (χ1n) is 15.1. The van der Waals surface area contributed by atoms with Gasteiger partial charge in [-0.05, 0) is 24.3 Å². The Morgan fingerprint density at radius 1 is 0.533 bits per heavy atom. The van der Waals surface area contributed by atoms with E-state index in [4.69, 9.17) is 0 Å². The summed E-state index contributed by atoms with van der Waals surface area (Å²) in [6.45, 7) is 4.62. The normalized spacial score (nSPS) is 15.4. The van der Waals surface area contributed by atoms with Crippen LogP contribution in [-0.2, 0) is 8.84 Å². The van der Waals surface area contributed by atoms with E-state index in [1.54, 1.807) is 24.3 Å². The minimum atomic E-state index is -0.510. The van der Waals surface area contributed by atoms with Gasteiger partial charge in [0.2, 0.25) is 0 Å². The third kappa shape index (κ3) is 4.88. The van der Waals surface area contributed by atoms with E-state index in [0.717, 1.165) is 33.8 Å². The third-order valence-electron chi connectivity index (χ3n) is 9.47. The Morgan fingerprint density at radius 3 is 1.58 bits per heavy atom. The summed E-state index contributed by atoms with van der Waals surface area (Å²) >= 11 is -0.118. The van der Waals surface area contributed by atoms with Crippen molar-refractivity contribution in [2.45, 2.75) is 22.7 Å². The first kappa shape index (κ1) is 29.2. The Bertz CT molecular complexity index is 1920. The van der Waals surface area contributed by atoms with Gasteiger partial charge < -0.3 is 10.2 Å². The third-order valence-corrected chi connectivity index (χ3v) is 12.8. The number of rotatable bonds is 7. The van der Waals surface area contributed by atoms with E-state index in [0.29, 0.717) is 0 Å². The molecule has 1 aliphatic rings. The summed E-state index contributed by atoms with van der Waals surface area (Å²) in [5.41, 5.74) is 11.6. The predicted octanol–water partition coefficient (Wildman–Crippen LogP) is 6.88. The van der Waals surface area contributed by atoms with Crippen molar-refractivity contribution in [2.75, 3.05) is 9.83 Å². The second kappa shape index (κ2) is 11.4. The first-order valence-corrected chi connectivity index (χ1v) is 18.4. The zero-order valence-electron chi connectivity index (χ0n) is 25.6. The predicted molar refractivity (Wildman–Crippen MR) is 181 cm³/mol. The van der Waals surface area contributed by atoms with E-state index in [1.165, 1.54) is 22.3 Å². The second-order valence-electron chi connectivity index (χ2n) is 11.9. The van der Waals surface area contributed by atoms with Gasteiger partial charge in [-0.25, -0.2) is 0 Å². The average Bonchev–Trinajstić information content (AvgIpc) is 3.34. The first-order chi connectivity index (χ1) is 21.8. The van der Waals surface area contributed by atoms with E-state index in [-0.39, 0.29) is 36.1 Å². The van der Waals surface area contributed by atoms with E-state index in [9.17, 15) is 10.2 Å². The summed E-state index contributed by atoms with van der Waals surface area (Å²) < 4.78 is 0.0586. The van der Waals surface area contributed by atoms with Crippen molar-refractivity contribution in [2.24, 2.45) is 0 Å². The fourth-order valence-electron chi connectivity index (χ4n) is 6.83. The monoisotopic (exact) mass is 700 g/mol. The molecule has 0 fully saturated rings. The molecule has 0 saturated carbocycles. The van der Waals surface area contributed by atoms with Crippen LogP contribution >= 0.6 is 0 Å². The van der Waals surface area contributed by atoms with Crippen LogP contribution in [-0.4, -0.2) is 15.1 Å². The molecular formula is C41H35INO2-. The Kier molecular flexibility index (Phi) is 7.41. The Labute approximate surface area is 275 Å². The van der Waals surface area contributed by atoms with E-state index in [2.05, 4.69) is 121 Å². The van der Waals surface area contributed by atoms with Crippen LogP contribution < -0.4 is 26.1 Å². The minimum absolute atomic E-state index is 0.0586. The number of halogens is 1. The molecule has 0 bridgehead atoms. The van der Waals surface area contributed by atoms with Crippen molar-refractivity contribution in [3.63, 3.8) is 0 Å². The number of anilines is 3. The summed E-state index contributed by atoms with van der Waals surface area (Å²) in [5.74, 6) is 0.471. The van der Waals surface area contributed by atoms with Gasteiger partial charge in [-0.2, -0.15) is 0 Å². The number of hydrogen-bond acceptors (Lipinski definition) is 3. The van der Waals surface area contributed by atoms with Gasteiger partial charge in [0, 0.05) is 0 Å². The summed E-state index contributed by atoms with van der Waals surface area (Å²) in [4.78, 5) is 4.74. The van der Waals surface area contributed by atoms with Gasteiger partial charge in [-0.3, -0.25) is 0 Å². The molecule has 3 nitrogen and oxygen atoms in total. The van der Waals surface area contributed by atoms with Crippen LogP contribution in [0.3, 0.4) is 0 Å². The SMILES string of the molecule is C[I-]C1(C)c2ccccc2-c2ccc(N(c3ccccc3)c3ccc(C(C)(c4ccc(O)cc4)c4ccc(O)cc4)cc3)cc21. The van der Waals surface area contributed by atoms with E-state index >= 15 is 0 Å². The van der Waals surface area contributed by atoms with Crippen molar-refractivity contribution >= 4 is 17.1 Å². The number of alkyl halides is 2. The van der Waals surface area contributed by atoms with Crippen LogP contribution in [0.2, 0.25) is 0 Å². The summed E-state index contributed by atoms with van der Waals surface area (Å²) in [7, 11) is 0. The number of hydrogen-bond donors (Lipinski definition) is 2. The molecule has 6 aromatic rings. The Morgan fingerprint density at radius 2 is 1.00 bits per heavy atom. The zero-order valence-corrected chi connectivity index (χ0v) is 27.7. The molecule has 0 heterocycles. The molecule has 0 radical (unpaired) electrons. The molecule has 1 unspecified atom stereocenters. The maximum atomic E-state index is 10.0. The molecule has 45 heavy (non-hydrogen) atoms. The van der Waals surface area contributed by atoms with Gasteiger partial charge in [0.1, 0.15) is 11.5 Å². The maximum absolute atomic E-state index is 10.0. The number of para-hydroxylation sites is 1. The molecule has 7 rings (SSSR count). The zero-order chi connectivity index (χ0) is 31.2. The molecule has 6 aromatic carbocycles. The van der Waals surface area contributed by atoms with Crippen LogP contribution in [0.5, 0.6) is 11.5 Å². The van der Waals surface area contributed by atoms with E-state index < -0.39 is 5.41 Å². The summed E-state index contributed by atoms with van der Waals surface area (Å²) in [5, 5.41) is 20.1. The van der Waals surface area contributed by atoms with Crippen LogP contribution in [0.4, 0.5) is 17.1 Å². The standard InChI is InChI=1S/C41H35INO2/c1-40(29-15-22-34(44)23-16-29,30-17-24-35(45)25-18-30)28-13-19-32(20-14-28)43(31-9-5-4-6-10-31)33-21-26-37-36-11-7-8-12-38(36)41(2,42-3)39(37)27-33/h4-27,44-45H,1-3H3/q-1. The van der Waals surface area contributed by atoms with Gasteiger partial charge in [-0.15, -0.1) is 0 Å². The number of fused-ring (bicyclic) bond motifs is 3. The van der Waals surface area contributed by atoms with E-state index in [1.807, 2.05) is 24.3 Å². The van der Waals surface area contributed by atoms with Crippen LogP contribution in [0.1, 0.15) is 41.7 Å². The van der Waals surface area contributed by atoms with Crippen molar-refractivity contribution in [3.8, 4) is 22.6 Å². The van der Waals surface area contributed by atoms with Gasteiger partial charge >= 0.3 is 231 Å². The molecule has 2 N–H and O–H groups in total. The van der Waals surface area contributed by atoms with Crippen LogP contribution in [0, 0.1) is 0 Å². The van der Waals surface area contributed by atoms with Crippen LogP contribution in [0.15, 0.2) is 146 Å². The quantitative estimate of drug-likeness (QED) is 0.109. The Balaban J connectivity index is 1.35. The summed E-state index contributed by atoms with van der Waals surface area (Å²) in [6.07, 6.45) is 0. The molecule has 0 spiro atoms. The Hall–Kier alpha value is -4.55. The number of phenols is 2. The molecule has 0 amide bonds. The van der Waals surface area contributed by atoms with Crippen molar-refractivity contribution in [3.05, 3.63) is 173 Å². The van der Waals surface area contributed by atoms with Crippen LogP contribution in [0.25, 0.3) is 11.1 Å².